The largest absolute Gasteiger partial charge is 0.497 e. The second-order valence-electron chi connectivity index (χ2n) is 3.52. The van der Waals surface area contributed by atoms with Crippen molar-refractivity contribution in [3.8, 4) is 5.75 Å². The molecule has 0 aliphatic carbocycles. The maximum atomic E-state index is 5.19. The third-order valence-corrected chi connectivity index (χ3v) is 2.46. The van der Waals surface area contributed by atoms with Crippen LogP contribution in [0.25, 0.3) is 0 Å². The minimum Gasteiger partial charge on any atom is -0.497 e. The highest BCUT2D eigenvalue weighted by molar-refractivity contribution is 5.28. The Balaban J connectivity index is 1.98. The second-order valence-corrected chi connectivity index (χ2v) is 3.52. The van der Waals surface area contributed by atoms with Gasteiger partial charge in [0.15, 0.2) is 0 Å². The summed E-state index contributed by atoms with van der Waals surface area (Å²) in [6.07, 6.45) is 5.20. The first-order chi connectivity index (χ1) is 7.38. The van der Waals surface area contributed by atoms with Crippen molar-refractivity contribution in [1.29, 1.82) is 0 Å². The van der Waals surface area contributed by atoms with Gasteiger partial charge in [0.25, 0.3) is 0 Å². The van der Waals surface area contributed by atoms with Crippen molar-refractivity contribution in [3.05, 3.63) is 54.4 Å². The van der Waals surface area contributed by atoms with Crippen LogP contribution < -0.4 is 4.74 Å². The lowest BCUT2D eigenvalue weighted by atomic mass is 10.1. The van der Waals surface area contributed by atoms with E-state index in [4.69, 9.17) is 4.74 Å². The fourth-order valence-electron chi connectivity index (χ4n) is 1.61. The van der Waals surface area contributed by atoms with Crippen LogP contribution in [0.15, 0.2) is 48.8 Å². The van der Waals surface area contributed by atoms with Gasteiger partial charge in [0, 0.05) is 18.9 Å². The van der Waals surface area contributed by atoms with Crippen molar-refractivity contribution in [3.63, 3.8) is 0 Å². The number of ether oxygens (including phenoxy) is 1. The fraction of sp³-hybridized carbons (Fsp3) is 0.231. The van der Waals surface area contributed by atoms with E-state index in [1.165, 1.54) is 5.56 Å². The van der Waals surface area contributed by atoms with Crippen molar-refractivity contribution in [1.82, 2.24) is 4.57 Å². The summed E-state index contributed by atoms with van der Waals surface area (Å²) in [5, 5.41) is 0. The number of aromatic nitrogens is 1. The topological polar surface area (TPSA) is 14.2 Å². The third kappa shape index (κ3) is 2.62. The normalized spacial score (nSPS) is 10.2. The van der Waals surface area contributed by atoms with Gasteiger partial charge in [0.05, 0.1) is 7.11 Å². The molecule has 0 fully saturated rings. The second kappa shape index (κ2) is 4.69. The summed E-state index contributed by atoms with van der Waals surface area (Å²) in [6.45, 7) is 1.01. The van der Waals surface area contributed by atoms with Crippen LogP contribution in [0.4, 0.5) is 0 Å². The van der Waals surface area contributed by atoms with Crippen LogP contribution in [0.5, 0.6) is 5.75 Å². The first-order valence-corrected chi connectivity index (χ1v) is 5.12. The quantitative estimate of drug-likeness (QED) is 0.742. The van der Waals surface area contributed by atoms with Crippen molar-refractivity contribution < 1.29 is 4.74 Å². The lowest BCUT2D eigenvalue weighted by Gasteiger charge is -2.05. The first kappa shape index (κ1) is 9.84. The lowest BCUT2D eigenvalue weighted by Crippen LogP contribution is -1.98. The summed E-state index contributed by atoms with van der Waals surface area (Å²) in [7, 11) is 1.70. The van der Waals surface area contributed by atoms with E-state index in [-0.39, 0.29) is 0 Å². The van der Waals surface area contributed by atoms with Crippen molar-refractivity contribution in [2.45, 2.75) is 13.0 Å². The molecule has 0 amide bonds. The first-order valence-electron chi connectivity index (χ1n) is 5.12. The zero-order chi connectivity index (χ0) is 10.5. The standard InChI is InChI=1S/C13H15NO/c1-15-13-6-4-5-12(11-13)7-10-14-8-2-3-9-14/h2-6,8-9,11H,7,10H2,1H3. The molecule has 0 aliphatic heterocycles. The summed E-state index contributed by atoms with van der Waals surface area (Å²) in [5.74, 6) is 0.931. The molecule has 0 atom stereocenters. The number of aryl methyl sites for hydroxylation is 2. The molecule has 0 saturated carbocycles. The van der Waals surface area contributed by atoms with E-state index >= 15 is 0 Å². The van der Waals surface area contributed by atoms with Gasteiger partial charge in [-0.1, -0.05) is 12.1 Å². The van der Waals surface area contributed by atoms with Crippen LogP contribution in [-0.2, 0) is 13.0 Å². The van der Waals surface area contributed by atoms with E-state index in [1.807, 2.05) is 24.3 Å². The molecule has 1 aromatic carbocycles. The zero-order valence-electron chi connectivity index (χ0n) is 8.89. The Kier molecular flexibility index (Phi) is 3.08. The van der Waals surface area contributed by atoms with Gasteiger partial charge in [-0.2, -0.15) is 0 Å². The van der Waals surface area contributed by atoms with E-state index in [0.717, 1.165) is 18.7 Å². The highest BCUT2D eigenvalue weighted by atomic mass is 16.5. The molecule has 0 unspecified atom stereocenters. The Morgan fingerprint density at radius 2 is 1.93 bits per heavy atom. The predicted octanol–water partition coefficient (Wildman–Crippen LogP) is 2.74. The molecule has 1 heterocycles. The molecule has 0 spiro atoms. The van der Waals surface area contributed by atoms with Crippen LogP contribution in [0.3, 0.4) is 0 Å². The predicted molar refractivity (Wildman–Crippen MR) is 61.1 cm³/mol. The Morgan fingerprint density at radius 1 is 1.13 bits per heavy atom. The average Bonchev–Trinajstić information content (AvgIpc) is 2.79. The van der Waals surface area contributed by atoms with Crippen LogP contribution in [0.1, 0.15) is 5.56 Å². The molecule has 2 rings (SSSR count). The number of nitrogens with zero attached hydrogens (tertiary/aromatic N) is 1. The van der Waals surface area contributed by atoms with Crippen molar-refractivity contribution in [2.75, 3.05) is 7.11 Å². The molecule has 2 aromatic rings. The summed E-state index contributed by atoms with van der Waals surface area (Å²) in [5.41, 5.74) is 1.31. The van der Waals surface area contributed by atoms with Gasteiger partial charge in [-0.3, -0.25) is 0 Å². The van der Waals surface area contributed by atoms with E-state index in [1.54, 1.807) is 7.11 Å². The summed E-state index contributed by atoms with van der Waals surface area (Å²) in [4.78, 5) is 0. The summed E-state index contributed by atoms with van der Waals surface area (Å²) >= 11 is 0. The minimum atomic E-state index is 0.931. The summed E-state index contributed by atoms with van der Waals surface area (Å²) < 4.78 is 7.37. The highest BCUT2D eigenvalue weighted by Gasteiger charge is 1.96. The smallest absolute Gasteiger partial charge is 0.119 e. The van der Waals surface area contributed by atoms with Gasteiger partial charge in [-0.15, -0.1) is 0 Å². The number of rotatable bonds is 4. The lowest BCUT2D eigenvalue weighted by molar-refractivity contribution is 0.414. The Morgan fingerprint density at radius 3 is 2.67 bits per heavy atom. The number of methoxy groups -OCH3 is 1. The molecule has 0 saturated heterocycles. The van der Waals surface area contributed by atoms with Gasteiger partial charge in [-0.25, -0.2) is 0 Å². The van der Waals surface area contributed by atoms with Crippen LogP contribution >= 0.6 is 0 Å². The molecule has 2 nitrogen and oxygen atoms in total. The van der Waals surface area contributed by atoms with Crippen LogP contribution in [0.2, 0.25) is 0 Å². The molecule has 78 valence electrons. The van der Waals surface area contributed by atoms with Gasteiger partial charge >= 0.3 is 0 Å². The Bertz CT molecular complexity index is 406. The average molecular weight is 201 g/mol. The molecule has 0 radical (unpaired) electrons. The van der Waals surface area contributed by atoms with Crippen molar-refractivity contribution in [2.24, 2.45) is 0 Å². The molecular weight excluding hydrogens is 186 g/mol. The zero-order valence-corrected chi connectivity index (χ0v) is 8.89. The molecule has 2 heteroatoms. The van der Waals surface area contributed by atoms with Gasteiger partial charge in [0.2, 0.25) is 0 Å². The maximum Gasteiger partial charge on any atom is 0.119 e. The molecule has 15 heavy (non-hydrogen) atoms. The number of benzene rings is 1. The Labute approximate surface area is 90.1 Å². The van der Waals surface area contributed by atoms with Gasteiger partial charge in [-0.05, 0) is 36.2 Å². The molecular formula is C13H15NO. The highest BCUT2D eigenvalue weighted by Crippen LogP contribution is 2.13. The summed E-state index contributed by atoms with van der Waals surface area (Å²) in [6, 6.07) is 12.3. The Hall–Kier alpha value is -1.70. The monoisotopic (exact) mass is 201 g/mol. The van der Waals surface area contributed by atoms with E-state index < -0.39 is 0 Å². The number of hydrogen-bond donors (Lipinski definition) is 0. The van der Waals surface area contributed by atoms with E-state index in [9.17, 15) is 0 Å². The van der Waals surface area contributed by atoms with Crippen molar-refractivity contribution >= 4 is 0 Å². The van der Waals surface area contributed by atoms with Gasteiger partial charge < -0.3 is 9.30 Å². The van der Waals surface area contributed by atoms with E-state index in [0.29, 0.717) is 0 Å². The molecule has 1 aromatic heterocycles. The molecule has 0 N–H and O–H groups in total. The third-order valence-electron chi connectivity index (χ3n) is 2.46. The van der Waals surface area contributed by atoms with Crippen LogP contribution in [0, 0.1) is 0 Å². The minimum absolute atomic E-state index is 0.931. The van der Waals surface area contributed by atoms with Gasteiger partial charge in [0.1, 0.15) is 5.75 Å². The molecule has 0 bridgehead atoms. The SMILES string of the molecule is COc1cccc(CCn2cccc2)c1. The number of hydrogen-bond acceptors (Lipinski definition) is 1. The van der Waals surface area contributed by atoms with Crippen LogP contribution in [-0.4, -0.2) is 11.7 Å². The fourth-order valence-corrected chi connectivity index (χ4v) is 1.61. The molecule has 0 aliphatic rings. The van der Waals surface area contributed by atoms with E-state index in [2.05, 4.69) is 29.1 Å². The maximum absolute atomic E-state index is 5.19.